The highest BCUT2D eigenvalue weighted by molar-refractivity contribution is 4.78. The molecule has 0 aliphatic rings. The SMILES string of the molecule is CCCCCCCCCCC(C)C(C)(C)N.F. The average Bonchev–Trinajstić information content (AvgIpc) is 2.20. The van der Waals surface area contributed by atoms with Crippen molar-refractivity contribution < 1.29 is 4.70 Å². The van der Waals surface area contributed by atoms with Crippen molar-refractivity contribution in [3.05, 3.63) is 0 Å². The first kappa shape index (κ1) is 19.2. The number of hydrogen-bond acceptors (Lipinski definition) is 1. The van der Waals surface area contributed by atoms with Gasteiger partial charge < -0.3 is 5.73 Å². The molecule has 1 atom stereocenters. The van der Waals surface area contributed by atoms with Crippen LogP contribution < -0.4 is 5.73 Å². The summed E-state index contributed by atoms with van der Waals surface area (Å²) in [5.74, 6) is 0.646. The molecule has 0 aliphatic heterocycles. The van der Waals surface area contributed by atoms with Crippen molar-refractivity contribution in [3.8, 4) is 0 Å². The lowest BCUT2D eigenvalue weighted by Gasteiger charge is -2.27. The minimum Gasteiger partial charge on any atom is -0.325 e. The van der Waals surface area contributed by atoms with Gasteiger partial charge in [-0.15, -0.1) is 0 Å². The first-order chi connectivity index (χ1) is 7.48. The highest BCUT2D eigenvalue weighted by atomic mass is 19.0. The molecule has 0 spiro atoms. The van der Waals surface area contributed by atoms with Crippen molar-refractivity contribution >= 4 is 0 Å². The molecule has 2 N–H and O–H groups in total. The maximum absolute atomic E-state index is 6.07. The normalized spacial score (nSPS) is 13.2. The van der Waals surface area contributed by atoms with Gasteiger partial charge in [-0.1, -0.05) is 65.2 Å². The summed E-state index contributed by atoms with van der Waals surface area (Å²) in [7, 11) is 0. The molecule has 0 fully saturated rings. The Labute approximate surface area is 108 Å². The molecule has 0 aromatic carbocycles. The van der Waals surface area contributed by atoms with Crippen molar-refractivity contribution in [1.29, 1.82) is 0 Å². The number of halogens is 1. The van der Waals surface area contributed by atoms with E-state index in [1.807, 2.05) is 0 Å². The van der Waals surface area contributed by atoms with Crippen LogP contribution in [-0.2, 0) is 0 Å². The highest BCUT2D eigenvalue weighted by Gasteiger charge is 2.19. The van der Waals surface area contributed by atoms with Gasteiger partial charge in [-0.05, 0) is 26.2 Å². The molecule has 106 valence electrons. The third-order valence-electron chi connectivity index (χ3n) is 3.76. The molecule has 0 heterocycles. The quantitative estimate of drug-likeness (QED) is 0.537. The second-order valence-corrected chi connectivity index (χ2v) is 5.99. The Hall–Kier alpha value is -0.110. The van der Waals surface area contributed by atoms with Crippen molar-refractivity contribution in [2.45, 2.75) is 91.0 Å². The van der Waals surface area contributed by atoms with Crippen LogP contribution >= 0.6 is 0 Å². The van der Waals surface area contributed by atoms with Crippen LogP contribution in [0.15, 0.2) is 0 Å². The van der Waals surface area contributed by atoms with E-state index in [-0.39, 0.29) is 10.2 Å². The molecule has 0 saturated carbocycles. The maximum atomic E-state index is 6.07. The number of nitrogens with two attached hydrogens (primary N) is 1. The van der Waals surface area contributed by atoms with Crippen LogP contribution in [0.3, 0.4) is 0 Å². The number of rotatable bonds is 10. The smallest absolute Gasteiger partial charge is 0.0123 e. The molecule has 0 rings (SSSR count). The fourth-order valence-corrected chi connectivity index (χ4v) is 1.96. The topological polar surface area (TPSA) is 26.0 Å². The summed E-state index contributed by atoms with van der Waals surface area (Å²) in [6.45, 7) is 8.84. The standard InChI is InChI=1S/C15H33N.FH/c1-5-6-7-8-9-10-11-12-13-14(2)15(3,4)16;/h14H,5-13,16H2,1-4H3;1H. The van der Waals surface area contributed by atoms with Crippen LogP contribution in [-0.4, -0.2) is 5.54 Å². The fourth-order valence-electron chi connectivity index (χ4n) is 1.96. The summed E-state index contributed by atoms with van der Waals surface area (Å²) in [5, 5.41) is 0. The summed E-state index contributed by atoms with van der Waals surface area (Å²) in [6.07, 6.45) is 12.5. The van der Waals surface area contributed by atoms with Gasteiger partial charge in [-0.3, -0.25) is 4.70 Å². The first-order valence-corrected chi connectivity index (χ1v) is 7.27. The molecule has 0 aromatic heterocycles. The van der Waals surface area contributed by atoms with E-state index < -0.39 is 0 Å². The minimum atomic E-state index is 0. The molecule has 0 bridgehead atoms. The van der Waals surface area contributed by atoms with Gasteiger partial charge >= 0.3 is 0 Å². The zero-order valence-corrected chi connectivity index (χ0v) is 12.4. The first-order valence-electron chi connectivity index (χ1n) is 7.27. The number of hydrogen-bond donors (Lipinski definition) is 1. The second kappa shape index (κ2) is 11.0. The molecule has 0 amide bonds. The van der Waals surface area contributed by atoms with Crippen LogP contribution in [0.5, 0.6) is 0 Å². The molecular weight excluding hydrogens is 213 g/mol. The molecule has 0 aliphatic carbocycles. The monoisotopic (exact) mass is 247 g/mol. The van der Waals surface area contributed by atoms with E-state index in [9.17, 15) is 0 Å². The van der Waals surface area contributed by atoms with Crippen LogP contribution in [0.1, 0.15) is 85.5 Å². The van der Waals surface area contributed by atoms with Gasteiger partial charge in [0.25, 0.3) is 0 Å². The van der Waals surface area contributed by atoms with E-state index in [0.717, 1.165) is 0 Å². The molecule has 1 nitrogen and oxygen atoms in total. The highest BCUT2D eigenvalue weighted by Crippen LogP contribution is 2.20. The van der Waals surface area contributed by atoms with Gasteiger partial charge in [0.1, 0.15) is 0 Å². The summed E-state index contributed by atoms with van der Waals surface area (Å²) in [5.41, 5.74) is 6.08. The molecule has 0 radical (unpaired) electrons. The fraction of sp³-hybridized carbons (Fsp3) is 1.00. The van der Waals surface area contributed by atoms with Crippen LogP contribution in [0.2, 0.25) is 0 Å². The van der Waals surface area contributed by atoms with E-state index in [1.54, 1.807) is 0 Å². The third-order valence-corrected chi connectivity index (χ3v) is 3.76. The molecule has 0 aromatic rings. The lowest BCUT2D eigenvalue weighted by molar-refractivity contribution is 0.316. The van der Waals surface area contributed by atoms with Gasteiger partial charge in [-0.2, -0.15) is 0 Å². The van der Waals surface area contributed by atoms with E-state index >= 15 is 0 Å². The van der Waals surface area contributed by atoms with Crippen molar-refractivity contribution in [1.82, 2.24) is 0 Å². The Kier molecular flexibility index (Phi) is 12.5. The van der Waals surface area contributed by atoms with Gasteiger partial charge in [0.05, 0.1) is 0 Å². The Morgan fingerprint density at radius 2 is 1.29 bits per heavy atom. The zero-order chi connectivity index (χ0) is 12.4. The predicted molar refractivity (Wildman–Crippen MR) is 77.2 cm³/mol. The molecule has 1 unspecified atom stereocenters. The van der Waals surface area contributed by atoms with Crippen molar-refractivity contribution in [3.63, 3.8) is 0 Å². The predicted octanol–water partition coefficient (Wildman–Crippen LogP) is 5.04. The van der Waals surface area contributed by atoms with Crippen molar-refractivity contribution in [2.75, 3.05) is 0 Å². The largest absolute Gasteiger partial charge is 0.325 e. The van der Waals surface area contributed by atoms with Crippen LogP contribution in [0.25, 0.3) is 0 Å². The molecule has 17 heavy (non-hydrogen) atoms. The average molecular weight is 247 g/mol. The lowest BCUT2D eigenvalue weighted by atomic mass is 9.86. The van der Waals surface area contributed by atoms with Crippen LogP contribution in [0.4, 0.5) is 4.70 Å². The Bertz CT molecular complexity index is 151. The molecule has 2 heteroatoms. The zero-order valence-electron chi connectivity index (χ0n) is 12.4. The van der Waals surface area contributed by atoms with Gasteiger partial charge in [-0.25, -0.2) is 0 Å². The van der Waals surface area contributed by atoms with Crippen LogP contribution in [0, 0.1) is 5.92 Å². The van der Waals surface area contributed by atoms with E-state index in [0.29, 0.717) is 5.92 Å². The Balaban J connectivity index is 0. The van der Waals surface area contributed by atoms with E-state index in [2.05, 4.69) is 27.7 Å². The summed E-state index contributed by atoms with van der Waals surface area (Å²) in [4.78, 5) is 0. The summed E-state index contributed by atoms with van der Waals surface area (Å²) < 4.78 is 0. The molecule has 0 saturated heterocycles. The second-order valence-electron chi connectivity index (χ2n) is 5.99. The van der Waals surface area contributed by atoms with Gasteiger partial charge in [0.2, 0.25) is 0 Å². The van der Waals surface area contributed by atoms with E-state index in [4.69, 9.17) is 5.73 Å². The lowest BCUT2D eigenvalue weighted by Crippen LogP contribution is -2.39. The number of unbranched alkanes of at least 4 members (excludes halogenated alkanes) is 7. The van der Waals surface area contributed by atoms with Crippen molar-refractivity contribution in [2.24, 2.45) is 11.7 Å². The Morgan fingerprint density at radius 1 is 0.882 bits per heavy atom. The van der Waals surface area contributed by atoms with Gasteiger partial charge in [0.15, 0.2) is 0 Å². The summed E-state index contributed by atoms with van der Waals surface area (Å²) in [6, 6.07) is 0. The summed E-state index contributed by atoms with van der Waals surface area (Å²) >= 11 is 0. The maximum Gasteiger partial charge on any atom is 0.0123 e. The molecular formula is C15H34FN. The van der Waals surface area contributed by atoms with Gasteiger partial charge in [0, 0.05) is 5.54 Å². The minimum absolute atomic E-state index is 0. The Morgan fingerprint density at radius 3 is 1.71 bits per heavy atom. The van der Waals surface area contributed by atoms with E-state index in [1.165, 1.54) is 57.8 Å². The third kappa shape index (κ3) is 12.1.